The van der Waals surface area contributed by atoms with Gasteiger partial charge in [-0.25, -0.2) is 0 Å². The third kappa shape index (κ3) is 25.1. The van der Waals surface area contributed by atoms with Gasteiger partial charge in [0.15, 0.2) is 6.67 Å². The van der Waals surface area contributed by atoms with Crippen LogP contribution in [0.1, 0.15) is 206 Å². The van der Waals surface area contributed by atoms with Crippen molar-refractivity contribution in [3.8, 4) is 0 Å². The molecular weight excluding hydrogens is 536 g/mol. The van der Waals surface area contributed by atoms with Gasteiger partial charge in [0.2, 0.25) is 5.91 Å². The summed E-state index contributed by atoms with van der Waals surface area (Å²) in [5, 5.41) is 0. The van der Waals surface area contributed by atoms with Gasteiger partial charge in [-0.15, -0.1) is 0 Å². The zero-order valence-electron chi connectivity index (χ0n) is 29.2. The predicted molar refractivity (Wildman–Crippen MR) is 182 cm³/mol. The maximum atomic E-state index is 12.4. The highest BCUT2D eigenvalue weighted by Gasteiger charge is 2.29. The van der Waals surface area contributed by atoms with E-state index in [9.17, 15) is 4.79 Å². The number of halogens is 1. The normalized spacial score (nSPS) is 13.7. The van der Waals surface area contributed by atoms with Gasteiger partial charge in [0.25, 0.3) is 0 Å². The Hall–Kier alpha value is -0.280. The number of nitrogens with zero attached hydrogens (tertiary/aromatic N) is 2. The zero-order valence-corrected chi connectivity index (χ0v) is 30.0. The van der Waals surface area contributed by atoms with Gasteiger partial charge in [0.05, 0.1) is 20.1 Å². The number of unbranched alkanes of at least 4 members (excludes halogenated alkanes) is 26. The van der Waals surface area contributed by atoms with Crippen LogP contribution in [-0.2, 0) is 4.79 Å². The topological polar surface area (TPSA) is 20.3 Å². The Morgan fingerprint density at radius 2 is 0.786 bits per heavy atom. The van der Waals surface area contributed by atoms with Gasteiger partial charge in [0.1, 0.15) is 0 Å². The van der Waals surface area contributed by atoms with Gasteiger partial charge < -0.3 is 16.9 Å². The highest BCUT2D eigenvalue weighted by Crippen LogP contribution is 2.19. The van der Waals surface area contributed by atoms with E-state index in [2.05, 4.69) is 25.8 Å². The van der Waals surface area contributed by atoms with Gasteiger partial charge in [0, 0.05) is 13.0 Å². The molecule has 1 rings (SSSR count). The molecule has 1 saturated heterocycles. The van der Waals surface area contributed by atoms with Crippen molar-refractivity contribution in [3.05, 3.63) is 0 Å². The first-order valence-corrected chi connectivity index (χ1v) is 19.2. The molecule has 0 atom stereocenters. The molecule has 252 valence electrons. The molecule has 1 heterocycles. The van der Waals surface area contributed by atoms with Crippen molar-refractivity contribution in [1.82, 2.24) is 4.90 Å². The number of carbonyl (C=O) groups is 1. The lowest BCUT2D eigenvalue weighted by Crippen LogP contribution is -3.00. The van der Waals surface area contributed by atoms with E-state index < -0.39 is 0 Å². The van der Waals surface area contributed by atoms with E-state index >= 15 is 0 Å². The molecule has 0 aromatic rings. The van der Waals surface area contributed by atoms with Gasteiger partial charge >= 0.3 is 0 Å². The number of rotatable bonds is 32. The van der Waals surface area contributed by atoms with Crippen molar-refractivity contribution in [2.45, 2.75) is 206 Å². The molecule has 0 aromatic heterocycles. The molecule has 42 heavy (non-hydrogen) atoms. The summed E-state index contributed by atoms with van der Waals surface area (Å²) in [6, 6.07) is 0. The molecule has 1 amide bonds. The van der Waals surface area contributed by atoms with Crippen LogP contribution < -0.4 is 12.4 Å². The lowest BCUT2D eigenvalue weighted by Gasteiger charge is -2.38. The molecule has 0 aromatic carbocycles. The van der Waals surface area contributed by atoms with Gasteiger partial charge in [-0.05, 0) is 32.1 Å². The molecule has 1 aliphatic heterocycles. The number of hydrogen-bond acceptors (Lipinski definition) is 1. The zero-order chi connectivity index (χ0) is 29.7. The Labute approximate surface area is 271 Å². The summed E-state index contributed by atoms with van der Waals surface area (Å²) in [6.07, 6.45) is 41.6. The third-order valence-corrected chi connectivity index (χ3v) is 9.79. The minimum atomic E-state index is 0. The molecule has 0 unspecified atom stereocenters. The monoisotopic (exact) mass is 613 g/mol. The Bertz CT molecular complexity index is 537. The van der Waals surface area contributed by atoms with Crippen LogP contribution in [-0.4, -0.2) is 48.6 Å². The van der Waals surface area contributed by atoms with Crippen LogP contribution in [0.3, 0.4) is 0 Å². The fraction of sp³-hybridized carbons (Fsp3) is 0.974. The molecule has 0 radical (unpaired) electrons. The smallest absolute Gasteiger partial charge is 0.226 e. The van der Waals surface area contributed by atoms with Crippen LogP contribution in [0.5, 0.6) is 0 Å². The Morgan fingerprint density at radius 1 is 0.500 bits per heavy atom. The van der Waals surface area contributed by atoms with Crippen molar-refractivity contribution < 1.29 is 21.7 Å². The predicted octanol–water partition coefficient (Wildman–Crippen LogP) is 8.98. The highest BCUT2D eigenvalue weighted by atomic mass is 35.5. The molecule has 0 bridgehead atoms. The van der Waals surface area contributed by atoms with Crippen molar-refractivity contribution in [1.29, 1.82) is 0 Å². The summed E-state index contributed by atoms with van der Waals surface area (Å²) < 4.78 is 1.09. The summed E-state index contributed by atoms with van der Waals surface area (Å²) in [5.41, 5.74) is 0. The molecular formula is C38H77ClN2O. The first kappa shape index (κ1) is 41.7. The summed E-state index contributed by atoms with van der Waals surface area (Å²) in [6.45, 7) is 9.05. The van der Waals surface area contributed by atoms with E-state index in [1.165, 1.54) is 193 Å². The average Bonchev–Trinajstić information content (AvgIpc) is 3.36. The first-order chi connectivity index (χ1) is 20.1. The first-order valence-electron chi connectivity index (χ1n) is 19.2. The summed E-state index contributed by atoms with van der Waals surface area (Å²) in [5.74, 6) is 0.399. The summed E-state index contributed by atoms with van der Waals surface area (Å²) in [7, 11) is 2.44. The largest absolute Gasteiger partial charge is 1.00 e. The second-order valence-electron chi connectivity index (χ2n) is 14.2. The second-order valence-corrected chi connectivity index (χ2v) is 14.2. The minimum absolute atomic E-state index is 0. The van der Waals surface area contributed by atoms with Gasteiger partial charge in [-0.1, -0.05) is 168 Å². The quantitative estimate of drug-likeness (QED) is 0.0548. The van der Waals surface area contributed by atoms with E-state index in [0.717, 1.165) is 30.5 Å². The summed E-state index contributed by atoms with van der Waals surface area (Å²) in [4.78, 5) is 14.5. The van der Waals surface area contributed by atoms with Crippen LogP contribution in [0.25, 0.3) is 0 Å². The Kier molecular flexibility index (Phi) is 30.5. The van der Waals surface area contributed by atoms with Crippen LogP contribution in [0.4, 0.5) is 0 Å². The second kappa shape index (κ2) is 30.7. The maximum Gasteiger partial charge on any atom is 0.226 e. The molecule has 0 saturated carbocycles. The molecule has 0 spiro atoms. The average molecular weight is 614 g/mol. The molecule has 0 N–H and O–H groups in total. The van der Waals surface area contributed by atoms with Crippen LogP contribution in [0, 0.1) is 0 Å². The van der Waals surface area contributed by atoms with Crippen molar-refractivity contribution in [2.75, 3.05) is 33.4 Å². The number of carbonyl (C=O) groups excluding carboxylic acids is 1. The third-order valence-electron chi connectivity index (χ3n) is 9.79. The van der Waals surface area contributed by atoms with Gasteiger partial charge in [-0.2, -0.15) is 0 Å². The molecule has 3 nitrogen and oxygen atoms in total. The maximum absolute atomic E-state index is 12.4. The number of quaternary nitrogens is 1. The SMILES string of the molecule is CCCCCCCCCCCCCCCC[N+](C)(CCCCCCCCCCCCCCCC)CN1CCCC1=O.[Cl-]. The minimum Gasteiger partial charge on any atom is -1.00 e. The van der Waals surface area contributed by atoms with Crippen LogP contribution >= 0.6 is 0 Å². The van der Waals surface area contributed by atoms with Gasteiger partial charge in [-0.3, -0.25) is 9.69 Å². The van der Waals surface area contributed by atoms with E-state index in [1.807, 2.05) is 0 Å². The molecule has 0 aliphatic carbocycles. The van der Waals surface area contributed by atoms with Crippen molar-refractivity contribution in [2.24, 2.45) is 0 Å². The number of amides is 1. The lowest BCUT2D eigenvalue weighted by atomic mass is 10.0. The molecule has 1 aliphatic rings. The van der Waals surface area contributed by atoms with Crippen LogP contribution in [0.2, 0.25) is 0 Å². The fourth-order valence-electron chi connectivity index (χ4n) is 6.90. The van der Waals surface area contributed by atoms with E-state index in [1.54, 1.807) is 0 Å². The van der Waals surface area contributed by atoms with E-state index in [0.29, 0.717) is 5.91 Å². The number of hydrogen-bond donors (Lipinski definition) is 0. The Morgan fingerprint density at radius 3 is 1.05 bits per heavy atom. The van der Waals surface area contributed by atoms with Crippen molar-refractivity contribution >= 4 is 5.91 Å². The summed E-state index contributed by atoms with van der Waals surface area (Å²) >= 11 is 0. The number of likely N-dealkylation sites (tertiary alicyclic amines) is 1. The highest BCUT2D eigenvalue weighted by molar-refractivity contribution is 5.77. The molecule has 4 heteroatoms. The molecule has 1 fully saturated rings. The standard InChI is InChI=1S/C38H77N2O.ClH/c1-4-6-8-10-12-14-16-18-20-22-24-26-28-30-35-40(3,37-39-34-32-33-38(39)41)36-31-29-27-25-23-21-19-17-15-13-11-9-7-5-2;/h4-37H2,1-3H3;1H/q+1;/p-1. The van der Waals surface area contributed by atoms with E-state index in [-0.39, 0.29) is 12.4 Å². The van der Waals surface area contributed by atoms with Crippen molar-refractivity contribution in [3.63, 3.8) is 0 Å². The lowest BCUT2D eigenvalue weighted by molar-refractivity contribution is -0.918. The fourth-order valence-corrected chi connectivity index (χ4v) is 6.90. The van der Waals surface area contributed by atoms with Crippen LogP contribution in [0.15, 0.2) is 0 Å². The Balaban J connectivity index is 0.0000168. The van der Waals surface area contributed by atoms with E-state index in [4.69, 9.17) is 0 Å².